The molecule has 46 heavy (non-hydrogen) atoms. The number of nitrogens with zero attached hydrogens (tertiary/aromatic N) is 3. The number of nitro benzene ring substituents is 2. The minimum absolute atomic E-state index is 0.000194. The fraction of sp³-hybridized carbons (Fsp3) is 0.111. The van der Waals surface area contributed by atoms with E-state index in [0.29, 0.717) is 11.2 Å². The summed E-state index contributed by atoms with van der Waals surface area (Å²) in [5, 5.41) is 28.9. The summed E-state index contributed by atoms with van der Waals surface area (Å²) >= 11 is 0. The van der Waals surface area contributed by atoms with E-state index in [0.717, 1.165) is 43.4 Å². The molecule has 0 saturated carbocycles. The minimum atomic E-state index is -1.85. The van der Waals surface area contributed by atoms with E-state index in [2.05, 4.69) is 28.9 Å². The normalized spacial score (nSPS) is 12.9. The first-order valence-electron chi connectivity index (χ1n) is 14.8. The highest BCUT2D eigenvalue weighted by Gasteiger charge is 2.30. The monoisotopic (exact) mass is 629 g/mol. The van der Waals surface area contributed by atoms with Crippen molar-refractivity contribution < 1.29 is 18.2 Å². The van der Waals surface area contributed by atoms with Crippen LogP contribution in [-0.2, 0) is 0 Å². The Kier molecular flexibility index (Phi) is 7.48. The minimum Gasteiger partial charge on any atom is -0.408 e. The fourth-order valence-corrected chi connectivity index (χ4v) is 7.82. The van der Waals surface area contributed by atoms with E-state index in [4.69, 9.17) is 8.39 Å². The maximum atomic E-state index is 11.4. The second-order valence-corrected chi connectivity index (χ2v) is 12.5. The Labute approximate surface area is 264 Å². The van der Waals surface area contributed by atoms with Gasteiger partial charge in [-0.05, 0) is 58.7 Å². The van der Waals surface area contributed by atoms with Gasteiger partial charge in [0.05, 0.1) is 9.85 Å². The van der Waals surface area contributed by atoms with Crippen molar-refractivity contribution in [1.82, 2.24) is 0 Å². The highest BCUT2D eigenvalue weighted by Crippen LogP contribution is 2.48. The molecule has 9 nitrogen and oxygen atoms in total. The molecule has 7 rings (SSSR count). The Balaban J connectivity index is 1.53. The van der Waals surface area contributed by atoms with Crippen LogP contribution in [0.15, 0.2) is 130 Å². The van der Waals surface area contributed by atoms with Gasteiger partial charge in [-0.15, -0.1) is 0 Å². The zero-order valence-corrected chi connectivity index (χ0v) is 25.8. The molecule has 0 spiro atoms. The predicted molar refractivity (Wildman–Crippen MR) is 183 cm³/mol. The zero-order valence-electron chi connectivity index (χ0n) is 24.9. The van der Waals surface area contributed by atoms with Gasteiger partial charge in [-0.25, -0.2) is 0 Å². The molecule has 1 aromatic heterocycles. The smallest absolute Gasteiger partial charge is 0.310 e. The molecule has 0 N–H and O–H groups in total. The van der Waals surface area contributed by atoms with Crippen LogP contribution in [0.25, 0.3) is 43.5 Å². The summed E-state index contributed by atoms with van der Waals surface area (Å²) < 4.78 is 16.0. The van der Waals surface area contributed by atoms with Gasteiger partial charge in [0, 0.05) is 47.1 Å². The third kappa shape index (κ3) is 5.15. The number of fused-ring (bicyclic) bond motifs is 7. The predicted octanol–water partition coefficient (Wildman–Crippen LogP) is 10.9. The first kappa shape index (κ1) is 29.2. The van der Waals surface area contributed by atoms with Crippen molar-refractivity contribution in [2.75, 3.05) is 4.67 Å². The lowest BCUT2D eigenvalue weighted by molar-refractivity contribution is -0.385. The number of non-ortho nitro benzene ring substituents is 2. The second-order valence-electron chi connectivity index (χ2n) is 11.2. The lowest BCUT2D eigenvalue weighted by Gasteiger charge is -2.31. The van der Waals surface area contributed by atoms with Gasteiger partial charge in [0.1, 0.15) is 11.2 Å². The molecule has 0 radical (unpaired) electrons. The first-order chi connectivity index (χ1) is 22.3. The van der Waals surface area contributed by atoms with Crippen LogP contribution in [0.2, 0.25) is 0 Å². The van der Waals surface area contributed by atoms with Gasteiger partial charge in [-0.3, -0.25) is 20.2 Å². The molecule has 6 aromatic carbocycles. The Bertz CT molecular complexity index is 2160. The molecule has 2 atom stereocenters. The van der Waals surface area contributed by atoms with E-state index in [1.807, 2.05) is 62.4 Å². The number of rotatable bonds is 7. The van der Waals surface area contributed by atoms with Crippen molar-refractivity contribution in [3.8, 4) is 0 Å². The van der Waals surface area contributed by atoms with Crippen LogP contribution in [0.3, 0.4) is 0 Å². The van der Waals surface area contributed by atoms with Crippen LogP contribution in [0.1, 0.15) is 37.1 Å². The third-order valence-electron chi connectivity index (χ3n) is 8.54. The first-order valence-corrected chi connectivity index (χ1v) is 15.9. The number of nitro groups is 2. The summed E-state index contributed by atoms with van der Waals surface area (Å²) in [6.45, 7) is 4.01. The van der Waals surface area contributed by atoms with Gasteiger partial charge in [0.2, 0.25) is 0 Å². The summed E-state index contributed by atoms with van der Waals surface area (Å²) in [5.41, 5.74) is 3.01. The van der Waals surface area contributed by atoms with Gasteiger partial charge in [-0.2, -0.15) is 4.67 Å². The Morgan fingerprint density at radius 1 is 0.565 bits per heavy atom. The van der Waals surface area contributed by atoms with Crippen molar-refractivity contribution in [1.29, 1.82) is 0 Å². The van der Waals surface area contributed by atoms with Crippen LogP contribution in [0.5, 0.6) is 0 Å². The summed E-state index contributed by atoms with van der Waals surface area (Å²) in [6.07, 6.45) is 0. The molecule has 1 heterocycles. The van der Waals surface area contributed by atoms with E-state index >= 15 is 0 Å². The van der Waals surface area contributed by atoms with Crippen LogP contribution in [0, 0.1) is 20.2 Å². The molecule has 0 saturated heterocycles. The number of hydrogen-bond acceptors (Lipinski definition) is 7. The highest BCUT2D eigenvalue weighted by molar-refractivity contribution is 7.39. The SMILES string of the molecule is C[C@@H](c1ccc([N+](=O)[O-])cc1)N([C@@H](C)c1ccc([N+](=O)[O-])cc1)p1oc2ccc3ccccc3c2c2c(ccc3ccccc32)o1. The van der Waals surface area contributed by atoms with Gasteiger partial charge >= 0.3 is 8.16 Å². The molecular formula is C36H28N3O6P. The van der Waals surface area contributed by atoms with Gasteiger partial charge in [-0.1, -0.05) is 84.9 Å². The largest absolute Gasteiger partial charge is 0.408 e. The summed E-state index contributed by atoms with van der Waals surface area (Å²) in [6, 6.07) is 36.7. The molecule has 0 unspecified atom stereocenters. The highest BCUT2D eigenvalue weighted by atomic mass is 31.1. The molecule has 0 aliphatic carbocycles. The Morgan fingerprint density at radius 2 is 0.957 bits per heavy atom. The van der Waals surface area contributed by atoms with E-state index < -0.39 is 18.0 Å². The molecule has 7 aromatic rings. The number of benzene rings is 6. The average Bonchev–Trinajstić information content (AvgIpc) is 3.25. The molecule has 0 aliphatic rings. The van der Waals surface area contributed by atoms with Crippen LogP contribution in [0.4, 0.5) is 11.4 Å². The molecule has 10 heteroatoms. The lowest BCUT2D eigenvalue weighted by atomic mass is 9.99. The van der Waals surface area contributed by atoms with E-state index in [1.165, 1.54) is 24.3 Å². The fourth-order valence-electron chi connectivity index (χ4n) is 6.12. The zero-order chi connectivity index (χ0) is 31.9. The quantitative estimate of drug-likeness (QED) is 0.127. The van der Waals surface area contributed by atoms with Crippen molar-refractivity contribution >= 4 is 63.0 Å². The van der Waals surface area contributed by atoms with Gasteiger partial charge in [0.15, 0.2) is 0 Å². The summed E-state index contributed by atoms with van der Waals surface area (Å²) in [5.74, 6) is 0. The maximum absolute atomic E-state index is 11.4. The van der Waals surface area contributed by atoms with Crippen molar-refractivity contribution in [2.45, 2.75) is 25.9 Å². The van der Waals surface area contributed by atoms with Crippen molar-refractivity contribution in [3.05, 3.63) is 153 Å². The number of hydrogen-bond donors (Lipinski definition) is 0. The molecule has 0 bridgehead atoms. The molecule has 228 valence electrons. The standard InChI is InChI=1S/C36H28N3O6P/c1-23(25-11-17-29(18-12-25)38(40)41)37(24(2)26-13-19-30(20-14-26)39(42)43)46-44-33-21-15-27-7-3-5-9-31(27)35(33)36-32-10-6-4-8-28(32)16-22-34(36)45-46/h3-24H,1-2H3/t23-,24-/m0/s1. The van der Waals surface area contributed by atoms with Gasteiger partial charge < -0.3 is 8.39 Å². The molecule has 0 fully saturated rings. The molecule has 0 amide bonds. The summed E-state index contributed by atoms with van der Waals surface area (Å²) in [4.78, 5) is 22.0. The van der Waals surface area contributed by atoms with Crippen LogP contribution in [-0.4, -0.2) is 9.85 Å². The van der Waals surface area contributed by atoms with E-state index in [1.54, 1.807) is 24.3 Å². The average molecular weight is 630 g/mol. The van der Waals surface area contributed by atoms with E-state index in [9.17, 15) is 20.2 Å². The maximum Gasteiger partial charge on any atom is 0.310 e. The van der Waals surface area contributed by atoms with Crippen LogP contribution < -0.4 is 4.67 Å². The van der Waals surface area contributed by atoms with Crippen molar-refractivity contribution in [2.24, 2.45) is 0 Å². The summed E-state index contributed by atoms with van der Waals surface area (Å²) in [7, 11) is -1.85. The lowest BCUT2D eigenvalue weighted by Crippen LogP contribution is -2.27. The Hall–Kier alpha value is -5.50. The van der Waals surface area contributed by atoms with Gasteiger partial charge in [0.25, 0.3) is 11.4 Å². The molecular weight excluding hydrogens is 601 g/mol. The van der Waals surface area contributed by atoms with E-state index in [-0.39, 0.29) is 23.5 Å². The Morgan fingerprint density at radius 3 is 1.35 bits per heavy atom. The molecule has 0 aliphatic heterocycles. The third-order valence-corrected chi connectivity index (χ3v) is 10.3. The second kappa shape index (κ2) is 11.8. The van der Waals surface area contributed by atoms with Crippen LogP contribution >= 0.6 is 8.16 Å². The topological polar surface area (TPSA) is 116 Å². The van der Waals surface area contributed by atoms with Crippen molar-refractivity contribution in [3.63, 3.8) is 0 Å².